The van der Waals surface area contributed by atoms with E-state index < -0.39 is 5.91 Å². The van der Waals surface area contributed by atoms with E-state index in [0.717, 1.165) is 37.6 Å². The SMILES string of the molecule is COc1ccc(N2CCN(CC(=O)Nc3ccc(C(N)=O)cc3)CC2)cc1. The van der Waals surface area contributed by atoms with E-state index in [1.807, 2.05) is 12.1 Å². The Kier molecular flexibility index (Phi) is 5.93. The smallest absolute Gasteiger partial charge is 0.248 e. The molecule has 142 valence electrons. The van der Waals surface area contributed by atoms with E-state index in [4.69, 9.17) is 10.5 Å². The molecule has 7 heteroatoms. The molecule has 2 aromatic carbocycles. The van der Waals surface area contributed by atoms with Crippen molar-refractivity contribution in [2.75, 3.05) is 50.1 Å². The molecule has 0 unspecified atom stereocenters. The summed E-state index contributed by atoms with van der Waals surface area (Å²) in [5.41, 5.74) is 7.45. The number of rotatable bonds is 6. The average Bonchev–Trinajstić information content (AvgIpc) is 2.69. The molecule has 7 nitrogen and oxygen atoms in total. The summed E-state index contributed by atoms with van der Waals surface area (Å²) in [6.45, 7) is 3.72. The zero-order chi connectivity index (χ0) is 19.2. The van der Waals surface area contributed by atoms with Gasteiger partial charge in [-0.2, -0.15) is 0 Å². The van der Waals surface area contributed by atoms with Crippen molar-refractivity contribution >= 4 is 23.2 Å². The predicted molar refractivity (Wildman–Crippen MR) is 105 cm³/mol. The zero-order valence-corrected chi connectivity index (χ0v) is 15.4. The second kappa shape index (κ2) is 8.55. The molecular formula is C20H24N4O3. The van der Waals surface area contributed by atoms with Crippen LogP contribution in [0.2, 0.25) is 0 Å². The quantitative estimate of drug-likeness (QED) is 0.808. The minimum Gasteiger partial charge on any atom is -0.497 e. The molecule has 0 aliphatic carbocycles. The maximum absolute atomic E-state index is 12.2. The van der Waals surface area contributed by atoms with Crippen molar-refractivity contribution in [1.29, 1.82) is 0 Å². The van der Waals surface area contributed by atoms with Gasteiger partial charge in [-0.3, -0.25) is 14.5 Å². The summed E-state index contributed by atoms with van der Waals surface area (Å²) in [7, 11) is 1.66. The molecule has 0 atom stereocenters. The van der Waals surface area contributed by atoms with Gasteiger partial charge in [-0.25, -0.2) is 0 Å². The lowest BCUT2D eigenvalue weighted by atomic mass is 10.2. The molecule has 0 saturated carbocycles. The van der Waals surface area contributed by atoms with Gasteiger partial charge in [0, 0.05) is 43.1 Å². The molecule has 3 N–H and O–H groups in total. The van der Waals surface area contributed by atoms with Gasteiger partial charge < -0.3 is 20.7 Å². The van der Waals surface area contributed by atoms with Gasteiger partial charge in [0.25, 0.3) is 0 Å². The fourth-order valence-electron chi connectivity index (χ4n) is 3.08. The number of hydrogen-bond donors (Lipinski definition) is 2. The van der Waals surface area contributed by atoms with Crippen LogP contribution in [-0.4, -0.2) is 56.5 Å². The first-order valence-corrected chi connectivity index (χ1v) is 8.86. The van der Waals surface area contributed by atoms with Crippen molar-refractivity contribution in [3.63, 3.8) is 0 Å². The van der Waals surface area contributed by atoms with Gasteiger partial charge in [-0.15, -0.1) is 0 Å². The van der Waals surface area contributed by atoms with Crippen molar-refractivity contribution in [1.82, 2.24) is 4.90 Å². The minimum absolute atomic E-state index is 0.0697. The van der Waals surface area contributed by atoms with Crippen molar-refractivity contribution in [2.45, 2.75) is 0 Å². The molecule has 0 bridgehead atoms. The first-order chi connectivity index (χ1) is 13.0. The summed E-state index contributed by atoms with van der Waals surface area (Å²) >= 11 is 0. The molecule has 1 aliphatic heterocycles. The summed E-state index contributed by atoms with van der Waals surface area (Å²) < 4.78 is 5.19. The van der Waals surface area contributed by atoms with Crippen LogP contribution in [0.5, 0.6) is 5.75 Å². The number of carbonyl (C=O) groups excluding carboxylic acids is 2. The summed E-state index contributed by atoms with van der Waals surface area (Å²) in [5.74, 6) is 0.292. The van der Waals surface area contributed by atoms with Gasteiger partial charge >= 0.3 is 0 Å². The lowest BCUT2D eigenvalue weighted by Gasteiger charge is -2.35. The number of anilines is 2. The Balaban J connectivity index is 1.46. The summed E-state index contributed by atoms with van der Waals surface area (Å²) in [6.07, 6.45) is 0. The molecule has 1 fully saturated rings. The molecule has 1 aliphatic rings. The molecule has 2 aromatic rings. The summed E-state index contributed by atoms with van der Waals surface area (Å²) in [4.78, 5) is 27.8. The number of hydrogen-bond acceptors (Lipinski definition) is 5. The number of ether oxygens (including phenoxy) is 1. The number of benzene rings is 2. The second-order valence-electron chi connectivity index (χ2n) is 6.45. The highest BCUT2D eigenvalue weighted by Crippen LogP contribution is 2.20. The first-order valence-electron chi connectivity index (χ1n) is 8.86. The Morgan fingerprint density at radius 3 is 2.19 bits per heavy atom. The Hall–Kier alpha value is -3.06. The van der Waals surface area contributed by atoms with Gasteiger partial charge in [0.15, 0.2) is 0 Å². The van der Waals surface area contributed by atoms with Gasteiger partial charge in [-0.1, -0.05) is 0 Å². The molecule has 0 radical (unpaired) electrons. The largest absolute Gasteiger partial charge is 0.497 e. The number of nitrogens with two attached hydrogens (primary N) is 1. The lowest BCUT2D eigenvalue weighted by Crippen LogP contribution is -2.48. The van der Waals surface area contributed by atoms with Crippen LogP contribution < -0.4 is 20.7 Å². The third-order valence-corrected chi connectivity index (χ3v) is 4.63. The Morgan fingerprint density at radius 2 is 1.63 bits per heavy atom. The highest BCUT2D eigenvalue weighted by atomic mass is 16.5. The van der Waals surface area contributed by atoms with Gasteiger partial charge in [0.05, 0.1) is 13.7 Å². The highest BCUT2D eigenvalue weighted by Gasteiger charge is 2.19. The van der Waals surface area contributed by atoms with E-state index in [1.54, 1.807) is 31.4 Å². The number of primary amides is 1. The summed E-state index contributed by atoms with van der Waals surface area (Å²) in [5, 5.41) is 2.85. The lowest BCUT2D eigenvalue weighted by molar-refractivity contribution is -0.117. The zero-order valence-electron chi connectivity index (χ0n) is 15.4. The van der Waals surface area contributed by atoms with Crippen LogP contribution in [0.15, 0.2) is 48.5 Å². The van der Waals surface area contributed by atoms with E-state index in [-0.39, 0.29) is 5.91 Å². The van der Waals surface area contributed by atoms with Crippen LogP contribution in [0.25, 0.3) is 0 Å². The van der Waals surface area contributed by atoms with Crippen molar-refractivity contribution < 1.29 is 14.3 Å². The number of piperazine rings is 1. The third kappa shape index (κ3) is 4.98. The monoisotopic (exact) mass is 368 g/mol. The van der Waals surface area contributed by atoms with Crippen LogP contribution in [0, 0.1) is 0 Å². The summed E-state index contributed by atoms with van der Waals surface area (Å²) in [6, 6.07) is 14.6. The van der Waals surface area contributed by atoms with E-state index >= 15 is 0 Å². The van der Waals surface area contributed by atoms with Gasteiger partial charge in [-0.05, 0) is 48.5 Å². The second-order valence-corrected chi connectivity index (χ2v) is 6.45. The van der Waals surface area contributed by atoms with E-state index in [0.29, 0.717) is 17.8 Å². The average molecular weight is 368 g/mol. The maximum atomic E-state index is 12.2. The van der Waals surface area contributed by atoms with Crippen molar-refractivity contribution in [2.24, 2.45) is 5.73 Å². The third-order valence-electron chi connectivity index (χ3n) is 4.63. The van der Waals surface area contributed by atoms with E-state index in [2.05, 4.69) is 27.2 Å². The number of nitrogens with zero attached hydrogens (tertiary/aromatic N) is 2. The van der Waals surface area contributed by atoms with Gasteiger partial charge in [0.2, 0.25) is 11.8 Å². The predicted octanol–water partition coefficient (Wildman–Crippen LogP) is 1.55. The minimum atomic E-state index is -0.484. The molecule has 3 rings (SSSR count). The molecule has 1 saturated heterocycles. The van der Waals surface area contributed by atoms with E-state index in [9.17, 15) is 9.59 Å². The van der Waals surface area contributed by atoms with Crippen LogP contribution in [-0.2, 0) is 4.79 Å². The molecule has 2 amide bonds. The number of nitrogens with one attached hydrogen (secondary N) is 1. The van der Waals surface area contributed by atoms with Crippen LogP contribution in [0.1, 0.15) is 10.4 Å². The fraction of sp³-hybridized carbons (Fsp3) is 0.300. The molecule has 1 heterocycles. The maximum Gasteiger partial charge on any atom is 0.248 e. The van der Waals surface area contributed by atoms with Crippen molar-refractivity contribution in [3.05, 3.63) is 54.1 Å². The first kappa shape index (κ1) is 18.7. The van der Waals surface area contributed by atoms with E-state index in [1.165, 1.54) is 0 Å². The van der Waals surface area contributed by atoms with Crippen LogP contribution in [0.4, 0.5) is 11.4 Å². The molecule has 0 spiro atoms. The Morgan fingerprint density at radius 1 is 1.00 bits per heavy atom. The Bertz CT molecular complexity index is 782. The normalized spacial score (nSPS) is 14.6. The highest BCUT2D eigenvalue weighted by molar-refractivity contribution is 5.95. The number of carbonyl (C=O) groups is 2. The number of amides is 2. The Labute approximate surface area is 158 Å². The van der Waals surface area contributed by atoms with Crippen molar-refractivity contribution in [3.8, 4) is 5.75 Å². The van der Waals surface area contributed by atoms with Gasteiger partial charge in [0.1, 0.15) is 5.75 Å². The van der Waals surface area contributed by atoms with Crippen LogP contribution in [0.3, 0.4) is 0 Å². The number of methoxy groups -OCH3 is 1. The standard InChI is InChI=1S/C20H24N4O3/c1-27-18-8-6-17(7-9-18)24-12-10-23(11-13-24)14-19(25)22-16-4-2-15(3-5-16)20(21)26/h2-9H,10-14H2,1H3,(H2,21,26)(H,22,25). The molecule has 27 heavy (non-hydrogen) atoms. The van der Waals surface area contributed by atoms with Crippen LogP contribution >= 0.6 is 0 Å². The molecule has 0 aromatic heterocycles. The molecular weight excluding hydrogens is 344 g/mol. The topological polar surface area (TPSA) is 87.9 Å². The fourth-order valence-corrected chi connectivity index (χ4v) is 3.08.